The van der Waals surface area contributed by atoms with Crippen molar-refractivity contribution in [2.45, 2.75) is 39.2 Å². The van der Waals surface area contributed by atoms with Gasteiger partial charge in [-0.25, -0.2) is 4.98 Å². The first-order valence-corrected chi connectivity index (χ1v) is 7.71. The van der Waals surface area contributed by atoms with Crippen LogP contribution in [0.4, 0.5) is 11.5 Å². The van der Waals surface area contributed by atoms with Crippen LogP contribution in [0.2, 0.25) is 0 Å². The Balaban J connectivity index is 1.88. The third-order valence-electron chi connectivity index (χ3n) is 4.00. The van der Waals surface area contributed by atoms with E-state index in [0.29, 0.717) is 0 Å². The van der Waals surface area contributed by atoms with Crippen molar-refractivity contribution in [1.29, 1.82) is 0 Å². The zero-order chi connectivity index (χ0) is 14.8. The molecule has 3 heteroatoms. The third kappa shape index (κ3) is 3.08. The number of hydrogen-bond acceptors (Lipinski definition) is 3. The van der Waals surface area contributed by atoms with Crippen LogP contribution in [0.1, 0.15) is 30.0 Å². The molecular weight excluding hydrogens is 258 g/mol. The van der Waals surface area contributed by atoms with Crippen LogP contribution in [0.25, 0.3) is 0 Å². The molecule has 0 saturated heterocycles. The van der Waals surface area contributed by atoms with E-state index in [-0.39, 0.29) is 6.04 Å². The van der Waals surface area contributed by atoms with Gasteiger partial charge in [0, 0.05) is 24.5 Å². The lowest BCUT2D eigenvalue weighted by Gasteiger charge is -2.30. The number of benzene rings is 1. The standard InChI is InChI=1S/C18H23N3/c1-13-5-7-17-16(10-13)4-3-9-21(17)18-8-6-15(12-20-18)11-14(2)19/h5-8,10,12,14H,3-4,9,11,19H2,1-2H3. The minimum absolute atomic E-state index is 0.177. The van der Waals surface area contributed by atoms with E-state index in [1.807, 2.05) is 13.1 Å². The Morgan fingerprint density at radius 2 is 2.14 bits per heavy atom. The van der Waals surface area contributed by atoms with Crippen molar-refractivity contribution >= 4 is 11.5 Å². The number of aromatic nitrogens is 1. The minimum Gasteiger partial charge on any atom is -0.328 e. The Bertz CT molecular complexity index is 617. The predicted molar refractivity (Wildman–Crippen MR) is 88.1 cm³/mol. The maximum Gasteiger partial charge on any atom is 0.132 e. The lowest BCUT2D eigenvalue weighted by Crippen LogP contribution is -2.25. The molecule has 1 unspecified atom stereocenters. The van der Waals surface area contributed by atoms with Crippen LogP contribution in [-0.4, -0.2) is 17.6 Å². The van der Waals surface area contributed by atoms with Gasteiger partial charge in [-0.2, -0.15) is 0 Å². The van der Waals surface area contributed by atoms with E-state index in [2.05, 4.69) is 47.1 Å². The van der Waals surface area contributed by atoms with Crippen LogP contribution in [0.15, 0.2) is 36.5 Å². The molecule has 3 nitrogen and oxygen atoms in total. The highest BCUT2D eigenvalue weighted by atomic mass is 15.2. The topological polar surface area (TPSA) is 42.1 Å². The Morgan fingerprint density at radius 1 is 1.29 bits per heavy atom. The summed E-state index contributed by atoms with van der Waals surface area (Å²) in [7, 11) is 0. The van der Waals surface area contributed by atoms with Gasteiger partial charge < -0.3 is 10.6 Å². The molecule has 0 fully saturated rings. The molecule has 3 rings (SSSR count). The average molecular weight is 281 g/mol. The van der Waals surface area contributed by atoms with Crippen LogP contribution in [0.5, 0.6) is 0 Å². The highest BCUT2D eigenvalue weighted by Crippen LogP contribution is 2.32. The van der Waals surface area contributed by atoms with E-state index in [0.717, 1.165) is 25.2 Å². The van der Waals surface area contributed by atoms with Crippen LogP contribution < -0.4 is 10.6 Å². The summed E-state index contributed by atoms with van der Waals surface area (Å²) in [5.41, 5.74) is 11.1. The van der Waals surface area contributed by atoms with E-state index < -0.39 is 0 Å². The predicted octanol–water partition coefficient (Wildman–Crippen LogP) is 3.36. The summed E-state index contributed by atoms with van der Waals surface area (Å²) in [6, 6.07) is 11.1. The lowest BCUT2D eigenvalue weighted by atomic mass is 9.99. The van der Waals surface area contributed by atoms with Crippen LogP contribution in [0.3, 0.4) is 0 Å². The van der Waals surface area contributed by atoms with E-state index >= 15 is 0 Å². The maximum absolute atomic E-state index is 5.84. The number of rotatable bonds is 3. The molecule has 1 atom stereocenters. The van der Waals surface area contributed by atoms with Crippen molar-refractivity contribution in [2.75, 3.05) is 11.4 Å². The number of fused-ring (bicyclic) bond motifs is 1. The molecule has 110 valence electrons. The monoisotopic (exact) mass is 281 g/mol. The number of hydrogen-bond donors (Lipinski definition) is 1. The molecule has 1 aromatic heterocycles. The lowest BCUT2D eigenvalue weighted by molar-refractivity contribution is 0.732. The van der Waals surface area contributed by atoms with E-state index in [4.69, 9.17) is 5.73 Å². The van der Waals surface area contributed by atoms with E-state index in [9.17, 15) is 0 Å². The van der Waals surface area contributed by atoms with Gasteiger partial charge in [-0.15, -0.1) is 0 Å². The quantitative estimate of drug-likeness (QED) is 0.938. The van der Waals surface area contributed by atoms with Gasteiger partial charge in [-0.05, 0) is 56.4 Å². The summed E-state index contributed by atoms with van der Waals surface area (Å²) in [6.45, 7) is 5.22. The molecule has 2 aromatic rings. The van der Waals surface area contributed by atoms with Gasteiger partial charge in [-0.1, -0.05) is 23.8 Å². The van der Waals surface area contributed by atoms with E-state index in [1.165, 1.54) is 28.8 Å². The molecule has 0 aliphatic carbocycles. The summed E-state index contributed by atoms with van der Waals surface area (Å²) < 4.78 is 0. The first-order chi connectivity index (χ1) is 10.1. The molecule has 0 spiro atoms. The molecular formula is C18H23N3. The summed E-state index contributed by atoms with van der Waals surface area (Å²) in [5.74, 6) is 1.04. The number of aryl methyl sites for hydroxylation is 2. The first-order valence-electron chi connectivity index (χ1n) is 7.71. The van der Waals surface area contributed by atoms with Gasteiger partial charge in [0.05, 0.1) is 0 Å². The Morgan fingerprint density at radius 3 is 2.86 bits per heavy atom. The number of anilines is 2. The van der Waals surface area contributed by atoms with Crippen molar-refractivity contribution in [3.63, 3.8) is 0 Å². The van der Waals surface area contributed by atoms with Crippen molar-refractivity contribution in [3.05, 3.63) is 53.2 Å². The van der Waals surface area contributed by atoms with Crippen LogP contribution in [0, 0.1) is 6.92 Å². The van der Waals surface area contributed by atoms with Gasteiger partial charge >= 0.3 is 0 Å². The molecule has 0 bridgehead atoms. The van der Waals surface area contributed by atoms with Crippen molar-refractivity contribution < 1.29 is 0 Å². The molecule has 1 aliphatic rings. The minimum atomic E-state index is 0.177. The average Bonchev–Trinajstić information content (AvgIpc) is 2.46. The number of nitrogens with zero attached hydrogens (tertiary/aromatic N) is 2. The van der Waals surface area contributed by atoms with Crippen molar-refractivity contribution in [2.24, 2.45) is 5.73 Å². The fraction of sp³-hybridized carbons (Fsp3) is 0.389. The molecule has 2 N–H and O–H groups in total. The zero-order valence-corrected chi connectivity index (χ0v) is 12.8. The number of pyridine rings is 1. The van der Waals surface area contributed by atoms with Gasteiger partial charge in [-0.3, -0.25) is 0 Å². The molecule has 0 radical (unpaired) electrons. The van der Waals surface area contributed by atoms with E-state index in [1.54, 1.807) is 0 Å². The molecule has 2 heterocycles. The molecule has 0 amide bonds. The van der Waals surface area contributed by atoms with Gasteiger partial charge in [0.1, 0.15) is 5.82 Å². The summed E-state index contributed by atoms with van der Waals surface area (Å²) in [4.78, 5) is 6.97. The van der Waals surface area contributed by atoms with Gasteiger partial charge in [0.2, 0.25) is 0 Å². The second kappa shape index (κ2) is 5.86. The second-order valence-electron chi connectivity index (χ2n) is 6.09. The highest BCUT2D eigenvalue weighted by Gasteiger charge is 2.19. The highest BCUT2D eigenvalue weighted by molar-refractivity contribution is 5.66. The first kappa shape index (κ1) is 14.1. The molecule has 1 aliphatic heterocycles. The zero-order valence-electron chi connectivity index (χ0n) is 12.8. The van der Waals surface area contributed by atoms with Crippen LogP contribution >= 0.6 is 0 Å². The van der Waals surface area contributed by atoms with Crippen molar-refractivity contribution in [3.8, 4) is 0 Å². The Labute approximate surface area is 126 Å². The largest absolute Gasteiger partial charge is 0.328 e. The Kier molecular flexibility index (Phi) is 3.93. The van der Waals surface area contributed by atoms with Gasteiger partial charge in [0.25, 0.3) is 0 Å². The molecule has 1 aromatic carbocycles. The second-order valence-corrected chi connectivity index (χ2v) is 6.09. The molecule has 21 heavy (non-hydrogen) atoms. The fourth-order valence-electron chi connectivity index (χ4n) is 3.03. The fourth-order valence-corrected chi connectivity index (χ4v) is 3.03. The number of nitrogens with two attached hydrogens (primary N) is 1. The summed E-state index contributed by atoms with van der Waals surface area (Å²) in [5, 5.41) is 0. The summed E-state index contributed by atoms with van der Waals surface area (Å²) >= 11 is 0. The smallest absolute Gasteiger partial charge is 0.132 e. The van der Waals surface area contributed by atoms with Crippen molar-refractivity contribution in [1.82, 2.24) is 4.98 Å². The molecule has 0 saturated carbocycles. The maximum atomic E-state index is 5.84. The normalized spacial score (nSPS) is 15.7. The summed E-state index contributed by atoms with van der Waals surface area (Å²) in [6.07, 6.45) is 5.18. The third-order valence-corrected chi connectivity index (χ3v) is 4.00. The van der Waals surface area contributed by atoms with Gasteiger partial charge in [0.15, 0.2) is 0 Å². The van der Waals surface area contributed by atoms with Crippen LogP contribution in [-0.2, 0) is 12.8 Å². The SMILES string of the molecule is Cc1ccc2c(c1)CCCN2c1ccc(CC(C)N)cn1. The Hall–Kier alpha value is -1.87.